The van der Waals surface area contributed by atoms with Crippen LogP contribution < -0.4 is 5.32 Å². The van der Waals surface area contributed by atoms with E-state index in [1.54, 1.807) is 57.2 Å². The van der Waals surface area contributed by atoms with Crippen LogP contribution in [0.2, 0.25) is 5.02 Å². The number of amides is 1. The molecule has 3 atom stereocenters. The van der Waals surface area contributed by atoms with E-state index in [-0.39, 0.29) is 4.90 Å². The van der Waals surface area contributed by atoms with E-state index in [9.17, 15) is 18.0 Å². The van der Waals surface area contributed by atoms with Gasteiger partial charge in [0, 0.05) is 10.9 Å². The fraction of sp³-hybridized carbons (Fsp3) is 0.364. The lowest BCUT2D eigenvalue weighted by Crippen LogP contribution is -2.45. The minimum atomic E-state index is -3.93. The van der Waals surface area contributed by atoms with Crippen LogP contribution in [0.3, 0.4) is 0 Å². The minimum Gasteiger partial charge on any atom is -0.444 e. The zero-order valence-electron chi connectivity index (χ0n) is 17.2. The van der Waals surface area contributed by atoms with E-state index in [1.165, 1.54) is 12.1 Å². The molecule has 1 saturated carbocycles. The van der Waals surface area contributed by atoms with Gasteiger partial charge in [-0.3, -0.25) is 0 Å². The number of aldehydes is 1. The van der Waals surface area contributed by atoms with Crippen molar-refractivity contribution in [2.24, 2.45) is 0 Å². The van der Waals surface area contributed by atoms with Crippen LogP contribution in [-0.4, -0.2) is 37.2 Å². The van der Waals surface area contributed by atoms with E-state index in [0.717, 1.165) is 5.56 Å². The number of alkyl carbamates (subject to hydrolysis) is 1. The predicted molar refractivity (Wildman–Crippen MR) is 115 cm³/mol. The molecule has 30 heavy (non-hydrogen) atoms. The first-order valence-electron chi connectivity index (χ1n) is 9.44. The van der Waals surface area contributed by atoms with E-state index in [1.807, 2.05) is 6.92 Å². The Morgan fingerprint density at radius 2 is 1.67 bits per heavy atom. The number of benzene rings is 2. The van der Waals surface area contributed by atoms with Crippen LogP contribution in [-0.2, 0) is 19.4 Å². The quantitative estimate of drug-likeness (QED) is 0.695. The first-order valence-corrected chi connectivity index (χ1v) is 11.4. The number of sulfone groups is 1. The molecule has 3 rings (SSSR count). The second-order valence-electron chi connectivity index (χ2n) is 8.49. The Bertz CT molecular complexity index is 1060. The molecule has 0 aromatic heterocycles. The van der Waals surface area contributed by atoms with Crippen LogP contribution in [0.15, 0.2) is 53.4 Å². The van der Waals surface area contributed by atoms with Crippen LogP contribution in [0.4, 0.5) is 4.79 Å². The number of rotatable bonds is 5. The van der Waals surface area contributed by atoms with Crippen LogP contribution in [0.5, 0.6) is 0 Å². The Morgan fingerprint density at radius 3 is 2.17 bits per heavy atom. The lowest BCUT2D eigenvalue weighted by Gasteiger charge is -2.22. The highest BCUT2D eigenvalue weighted by atomic mass is 35.5. The Kier molecular flexibility index (Phi) is 5.73. The summed E-state index contributed by atoms with van der Waals surface area (Å²) in [5, 5.41) is 1.85. The zero-order chi connectivity index (χ0) is 22.3. The summed E-state index contributed by atoms with van der Waals surface area (Å²) in [6, 6.07) is 12.9. The largest absolute Gasteiger partial charge is 0.444 e. The third-order valence-electron chi connectivity index (χ3n) is 5.00. The van der Waals surface area contributed by atoms with Crippen molar-refractivity contribution in [3.05, 3.63) is 64.7 Å². The van der Waals surface area contributed by atoms with Gasteiger partial charge in [-0.1, -0.05) is 41.4 Å². The number of carbonyl (C=O) groups is 2. The third-order valence-corrected chi connectivity index (χ3v) is 7.52. The molecule has 0 unspecified atom stereocenters. The maximum Gasteiger partial charge on any atom is 0.408 e. The smallest absolute Gasteiger partial charge is 0.408 e. The van der Waals surface area contributed by atoms with E-state index < -0.39 is 38.2 Å². The Balaban J connectivity index is 2.04. The van der Waals surface area contributed by atoms with Gasteiger partial charge in [0.25, 0.3) is 0 Å². The van der Waals surface area contributed by atoms with Crippen LogP contribution in [0.1, 0.15) is 37.8 Å². The number of carbonyl (C=O) groups excluding carboxylic acids is 2. The lowest BCUT2D eigenvalue weighted by atomic mass is 10.1. The van der Waals surface area contributed by atoms with Gasteiger partial charge in [0.05, 0.1) is 4.90 Å². The summed E-state index contributed by atoms with van der Waals surface area (Å²) in [4.78, 5) is 24.8. The van der Waals surface area contributed by atoms with E-state index in [4.69, 9.17) is 16.3 Å². The summed E-state index contributed by atoms with van der Waals surface area (Å²) in [7, 11) is -3.93. The van der Waals surface area contributed by atoms with Gasteiger partial charge >= 0.3 is 6.09 Å². The molecular weight excluding hydrogens is 426 g/mol. The zero-order valence-corrected chi connectivity index (χ0v) is 18.8. The van der Waals surface area contributed by atoms with E-state index >= 15 is 0 Å². The molecule has 0 aliphatic heterocycles. The first-order chi connectivity index (χ1) is 13.9. The van der Waals surface area contributed by atoms with Gasteiger partial charge in [-0.15, -0.1) is 0 Å². The van der Waals surface area contributed by atoms with Gasteiger partial charge in [-0.25, -0.2) is 13.2 Å². The number of ether oxygens (including phenoxy) is 1. The molecule has 0 spiro atoms. The van der Waals surface area contributed by atoms with Crippen molar-refractivity contribution in [3.8, 4) is 0 Å². The highest BCUT2D eigenvalue weighted by Crippen LogP contribution is 2.56. The van der Waals surface area contributed by atoms with Gasteiger partial charge in [0.15, 0.2) is 9.84 Å². The maximum atomic E-state index is 13.4. The summed E-state index contributed by atoms with van der Waals surface area (Å²) in [6.07, 6.45) is -0.359. The van der Waals surface area contributed by atoms with Crippen LogP contribution >= 0.6 is 11.6 Å². The molecular formula is C22H24ClNO5S. The van der Waals surface area contributed by atoms with Gasteiger partial charge in [0.2, 0.25) is 0 Å². The Hall–Kier alpha value is -2.38. The second kappa shape index (κ2) is 7.71. The second-order valence-corrected chi connectivity index (χ2v) is 11.0. The predicted octanol–water partition coefficient (Wildman–Crippen LogP) is 4.05. The fourth-order valence-electron chi connectivity index (χ4n) is 3.60. The maximum absolute atomic E-state index is 13.4. The van der Waals surface area contributed by atoms with Gasteiger partial charge in [-0.2, -0.15) is 0 Å². The number of aryl methyl sites for hydroxylation is 1. The highest BCUT2D eigenvalue weighted by Gasteiger charge is 2.73. The molecule has 2 aromatic rings. The third kappa shape index (κ3) is 4.23. The molecule has 1 amide bonds. The van der Waals surface area contributed by atoms with Crippen LogP contribution in [0, 0.1) is 6.92 Å². The molecule has 1 fully saturated rings. The van der Waals surface area contributed by atoms with Crippen molar-refractivity contribution < 1.29 is 22.7 Å². The summed E-state index contributed by atoms with van der Waals surface area (Å²) in [5.74, 6) is -0.772. The monoisotopic (exact) mass is 449 g/mol. The molecule has 0 saturated heterocycles. The van der Waals surface area contributed by atoms with E-state index in [0.29, 0.717) is 16.9 Å². The van der Waals surface area contributed by atoms with Crippen molar-refractivity contribution in [2.75, 3.05) is 0 Å². The number of hydrogen-bond acceptors (Lipinski definition) is 5. The standard InChI is InChI=1S/C22H24ClNO5S/c1-14-5-11-17(12-6-14)30(27,28)19-18(15-7-9-16(23)10-8-15)22(19,13-25)24-20(26)29-21(2,3)4/h5-13,18-19H,1-4H3,(H,24,26)/t18-,19+,22+/m0/s1. The Morgan fingerprint density at radius 1 is 1.10 bits per heavy atom. The van der Waals surface area contributed by atoms with Crippen LogP contribution in [0.25, 0.3) is 0 Å². The average molecular weight is 450 g/mol. The van der Waals surface area contributed by atoms with Gasteiger partial charge < -0.3 is 14.8 Å². The van der Waals surface area contributed by atoms with Crippen molar-refractivity contribution in [3.63, 3.8) is 0 Å². The molecule has 6 nitrogen and oxygen atoms in total. The fourth-order valence-corrected chi connectivity index (χ4v) is 5.98. The molecule has 0 bridgehead atoms. The van der Waals surface area contributed by atoms with Crippen molar-refractivity contribution in [1.82, 2.24) is 5.32 Å². The molecule has 1 N–H and O–H groups in total. The minimum absolute atomic E-state index is 0.0896. The molecule has 1 aliphatic rings. The van der Waals surface area contributed by atoms with Gasteiger partial charge in [0.1, 0.15) is 22.7 Å². The summed E-state index contributed by atoms with van der Waals surface area (Å²) < 4.78 is 32.1. The number of hydrogen-bond donors (Lipinski definition) is 1. The first kappa shape index (κ1) is 22.3. The number of halogens is 1. The molecule has 2 aromatic carbocycles. The Labute approximate surface area is 181 Å². The summed E-state index contributed by atoms with van der Waals surface area (Å²) in [6.45, 7) is 6.91. The lowest BCUT2D eigenvalue weighted by molar-refractivity contribution is -0.110. The summed E-state index contributed by atoms with van der Waals surface area (Å²) in [5.41, 5.74) is -0.944. The molecule has 0 radical (unpaired) electrons. The number of nitrogens with one attached hydrogen (secondary N) is 1. The molecule has 0 heterocycles. The van der Waals surface area contributed by atoms with Crippen molar-refractivity contribution in [2.45, 2.75) is 54.9 Å². The van der Waals surface area contributed by atoms with Gasteiger partial charge in [-0.05, 0) is 57.5 Å². The normalized spacial score (nSPS) is 23.5. The average Bonchev–Trinajstić information content (AvgIpc) is 3.30. The van der Waals surface area contributed by atoms with E-state index in [2.05, 4.69) is 5.32 Å². The highest BCUT2D eigenvalue weighted by molar-refractivity contribution is 7.92. The molecule has 1 aliphatic carbocycles. The summed E-state index contributed by atoms with van der Waals surface area (Å²) >= 11 is 5.96. The van der Waals surface area contributed by atoms with Crippen molar-refractivity contribution >= 4 is 33.8 Å². The SMILES string of the molecule is Cc1ccc(S(=O)(=O)[C@@H]2[C@H](c3ccc(Cl)cc3)[C@@]2(C=O)NC(=O)OC(C)(C)C)cc1. The molecule has 160 valence electrons. The van der Waals surface area contributed by atoms with Crippen molar-refractivity contribution in [1.29, 1.82) is 0 Å². The molecule has 8 heteroatoms. The topological polar surface area (TPSA) is 89.5 Å².